The first kappa shape index (κ1) is 7.92. The molecule has 2 aromatic heterocycles. The number of aromatic nitrogens is 2. The van der Waals surface area contributed by atoms with Crippen LogP contribution in [0.5, 0.6) is 0 Å². The highest BCUT2D eigenvalue weighted by atomic mass is 14.7. The number of nitrogens with zero attached hydrogens (tertiary/aromatic N) is 2. The minimum absolute atomic E-state index is 0.892. The highest BCUT2D eigenvalue weighted by molar-refractivity contribution is 5.57. The quantitative estimate of drug-likeness (QED) is 0.654. The van der Waals surface area contributed by atoms with Crippen molar-refractivity contribution in [3.05, 3.63) is 48.4 Å². The first-order chi connectivity index (χ1) is 6.36. The lowest BCUT2D eigenvalue weighted by atomic mass is 10.1. The molecule has 0 amide bonds. The third kappa shape index (κ3) is 1.72. The Morgan fingerprint density at radius 1 is 1.08 bits per heavy atom. The topological polar surface area (TPSA) is 25.8 Å². The number of hydrogen-bond acceptors (Lipinski definition) is 2. The van der Waals surface area contributed by atoms with E-state index in [0.29, 0.717) is 0 Å². The summed E-state index contributed by atoms with van der Waals surface area (Å²) in [5.74, 6) is 0. The van der Waals surface area contributed by atoms with Crippen molar-refractivity contribution in [2.24, 2.45) is 0 Å². The Labute approximate surface area is 77.3 Å². The molecule has 1 radical (unpaired) electrons. The van der Waals surface area contributed by atoms with Gasteiger partial charge in [0.15, 0.2) is 0 Å². The van der Waals surface area contributed by atoms with E-state index >= 15 is 0 Å². The molecule has 2 rings (SSSR count). The molecule has 2 heteroatoms. The van der Waals surface area contributed by atoms with Gasteiger partial charge in [0.25, 0.3) is 0 Å². The maximum absolute atomic E-state index is 4.23. The largest absolute Gasteiger partial charge is 0.261 e. The predicted octanol–water partition coefficient (Wildman–Crippen LogP) is 2.25. The zero-order valence-corrected chi connectivity index (χ0v) is 7.36. The fourth-order valence-corrected chi connectivity index (χ4v) is 1.16. The fraction of sp³-hybridized carbons (Fsp3) is 0.0909. The summed E-state index contributed by atoms with van der Waals surface area (Å²) in [6, 6.07) is 10.9. The van der Waals surface area contributed by atoms with Gasteiger partial charge in [-0.25, -0.2) is 0 Å². The molecule has 2 heterocycles. The molecule has 0 aliphatic rings. The van der Waals surface area contributed by atoms with Gasteiger partial charge in [0, 0.05) is 29.7 Å². The second kappa shape index (κ2) is 3.35. The van der Waals surface area contributed by atoms with Crippen molar-refractivity contribution in [1.82, 2.24) is 9.97 Å². The van der Waals surface area contributed by atoms with Crippen LogP contribution in [0.25, 0.3) is 11.3 Å². The van der Waals surface area contributed by atoms with Crippen molar-refractivity contribution in [3.63, 3.8) is 0 Å². The maximum atomic E-state index is 4.23. The monoisotopic (exact) mass is 169 g/mol. The van der Waals surface area contributed by atoms with Crippen LogP contribution >= 0.6 is 0 Å². The van der Waals surface area contributed by atoms with Crippen LogP contribution in [0.1, 0.15) is 5.69 Å². The Hall–Kier alpha value is -1.70. The molecule has 0 unspecified atom stereocenters. The van der Waals surface area contributed by atoms with Gasteiger partial charge in [-0.3, -0.25) is 9.97 Å². The third-order valence-electron chi connectivity index (χ3n) is 1.77. The molecule has 0 spiro atoms. The van der Waals surface area contributed by atoms with Crippen LogP contribution in [0.4, 0.5) is 0 Å². The van der Waals surface area contributed by atoms with E-state index < -0.39 is 0 Å². The summed E-state index contributed by atoms with van der Waals surface area (Å²) >= 11 is 0. The summed E-state index contributed by atoms with van der Waals surface area (Å²) in [6.45, 7) is 1.92. The predicted molar refractivity (Wildman–Crippen MR) is 51.0 cm³/mol. The second-order valence-electron chi connectivity index (χ2n) is 2.78. The Balaban J connectivity index is 2.48. The van der Waals surface area contributed by atoms with Crippen LogP contribution in [0.15, 0.2) is 36.7 Å². The van der Waals surface area contributed by atoms with Gasteiger partial charge in [-0.15, -0.1) is 0 Å². The van der Waals surface area contributed by atoms with Crippen molar-refractivity contribution in [1.29, 1.82) is 0 Å². The lowest BCUT2D eigenvalue weighted by molar-refractivity contribution is 1.19. The minimum atomic E-state index is 0.892. The summed E-state index contributed by atoms with van der Waals surface area (Å²) in [5, 5.41) is 0. The van der Waals surface area contributed by atoms with Gasteiger partial charge < -0.3 is 0 Å². The molecule has 0 atom stereocenters. The first-order valence-corrected chi connectivity index (χ1v) is 4.12. The van der Waals surface area contributed by atoms with Gasteiger partial charge in [-0.05, 0) is 25.1 Å². The van der Waals surface area contributed by atoms with E-state index in [9.17, 15) is 0 Å². The molecular weight excluding hydrogens is 160 g/mol. The first-order valence-electron chi connectivity index (χ1n) is 4.12. The molecule has 13 heavy (non-hydrogen) atoms. The SMILES string of the molecule is Cc1[c]c(-c2ccccn2)ccn1. The average Bonchev–Trinajstić information content (AvgIpc) is 2.19. The molecule has 0 fully saturated rings. The minimum Gasteiger partial charge on any atom is -0.261 e. The van der Waals surface area contributed by atoms with E-state index in [1.54, 1.807) is 12.4 Å². The lowest BCUT2D eigenvalue weighted by Gasteiger charge is -1.99. The Kier molecular flexibility index (Phi) is 2.04. The maximum Gasteiger partial charge on any atom is 0.0709 e. The molecule has 0 N–H and O–H groups in total. The Morgan fingerprint density at radius 3 is 2.69 bits per heavy atom. The van der Waals surface area contributed by atoms with E-state index in [0.717, 1.165) is 17.0 Å². The van der Waals surface area contributed by atoms with Gasteiger partial charge in [0.2, 0.25) is 0 Å². The average molecular weight is 169 g/mol. The van der Waals surface area contributed by atoms with Crippen molar-refractivity contribution in [3.8, 4) is 11.3 Å². The van der Waals surface area contributed by atoms with Crippen LogP contribution in [0, 0.1) is 13.0 Å². The van der Waals surface area contributed by atoms with Crippen LogP contribution in [0.2, 0.25) is 0 Å². The second-order valence-corrected chi connectivity index (χ2v) is 2.78. The number of aryl methyl sites for hydroxylation is 1. The Morgan fingerprint density at radius 2 is 2.00 bits per heavy atom. The highest BCUT2D eigenvalue weighted by Gasteiger charge is 1.97. The van der Waals surface area contributed by atoms with Crippen LogP contribution < -0.4 is 0 Å². The van der Waals surface area contributed by atoms with Gasteiger partial charge in [-0.1, -0.05) is 6.07 Å². The molecule has 0 aliphatic carbocycles. The zero-order valence-electron chi connectivity index (χ0n) is 7.36. The summed E-state index contributed by atoms with van der Waals surface area (Å²) in [5.41, 5.74) is 2.82. The summed E-state index contributed by atoms with van der Waals surface area (Å²) in [7, 11) is 0. The van der Waals surface area contributed by atoms with Gasteiger partial charge in [-0.2, -0.15) is 0 Å². The molecule has 2 nitrogen and oxygen atoms in total. The van der Waals surface area contributed by atoms with Gasteiger partial charge in [0.1, 0.15) is 0 Å². The molecule has 0 aromatic carbocycles. The Bertz CT molecular complexity index is 396. The number of hydrogen-bond donors (Lipinski definition) is 0. The highest BCUT2D eigenvalue weighted by Crippen LogP contribution is 2.14. The third-order valence-corrected chi connectivity index (χ3v) is 1.77. The molecule has 0 saturated heterocycles. The van der Waals surface area contributed by atoms with Crippen LogP contribution in [-0.2, 0) is 0 Å². The van der Waals surface area contributed by atoms with Crippen molar-refractivity contribution in [2.75, 3.05) is 0 Å². The number of pyridine rings is 2. The molecule has 63 valence electrons. The molecule has 0 aliphatic heterocycles. The van der Waals surface area contributed by atoms with Crippen molar-refractivity contribution < 1.29 is 0 Å². The fourth-order valence-electron chi connectivity index (χ4n) is 1.16. The molecule has 0 bridgehead atoms. The van der Waals surface area contributed by atoms with Crippen molar-refractivity contribution in [2.45, 2.75) is 6.92 Å². The standard InChI is InChI=1S/C11H9N2/c1-9-8-10(5-7-12-9)11-4-2-3-6-13-11/h2-7H,1H3. The molecule has 2 aromatic rings. The van der Waals surface area contributed by atoms with E-state index in [1.165, 1.54) is 0 Å². The molecular formula is C11H9N2. The van der Waals surface area contributed by atoms with Crippen LogP contribution in [-0.4, -0.2) is 9.97 Å². The van der Waals surface area contributed by atoms with Crippen molar-refractivity contribution >= 4 is 0 Å². The number of rotatable bonds is 1. The van der Waals surface area contributed by atoms with E-state index in [-0.39, 0.29) is 0 Å². The van der Waals surface area contributed by atoms with E-state index in [1.807, 2.05) is 31.2 Å². The summed E-state index contributed by atoms with van der Waals surface area (Å²) < 4.78 is 0. The zero-order chi connectivity index (χ0) is 9.10. The van der Waals surface area contributed by atoms with Crippen LogP contribution in [0.3, 0.4) is 0 Å². The van der Waals surface area contributed by atoms with E-state index in [2.05, 4.69) is 16.0 Å². The summed E-state index contributed by atoms with van der Waals surface area (Å²) in [6.07, 6.45) is 3.55. The van der Waals surface area contributed by atoms with Gasteiger partial charge >= 0.3 is 0 Å². The summed E-state index contributed by atoms with van der Waals surface area (Å²) in [4.78, 5) is 8.31. The molecule has 0 saturated carbocycles. The smallest absolute Gasteiger partial charge is 0.0709 e. The van der Waals surface area contributed by atoms with Gasteiger partial charge in [0.05, 0.1) is 5.69 Å². The van der Waals surface area contributed by atoms with E-state index in [4.69, 9.17) is 0 Å². The normalized spacial score (nSPS) is 9.92. The lowest BCUT2D eigenvalue weighted by Crippen LogP contribution is -1.85.